The molecule has 1 aromatic heterocycles. The van der Waals surface area contributed by atoms with Crippen molar-refractivity contribution in [3.8, 4) is 0 Å². The van der Waals surface area contributed by atoms with Crippen LogP contribution in [0.25, 0.3) is 0 Å². The highest BCUT2D eigenvalue weighted by molar-refractivity contribution is 5.63. The molecule has 1 unspecified atom stereocenters. The molecule has 1 aliphatic heterocycles. The molecule has 1 saturated heterocycles. The van der Waals surface area contributed by atoms with Crippen LogP contribution in [0.1, 0.15) is 19.0 Å². The number of aromatic nitrogens is 1. The molecule has 1 fully saturated rings. The van der Waals surface area contributed by atoms with Crippen molar-refractivity contribution in [1.82, 2.24) is 10.3 Å². The van der Waals surface area contributed by atoms with Crippen LogP contribution in [0.4, 0.5) is 24.5 Å². The molecule has 1 aromatic rings. The molecule has 21 heavy (non-hydrogen) atoms. The number of pyridine rings is 1. The molecular formula is C12H15F3N4O2. The van der Waals surface area contributed by atoms with Gasteiger partial charge in [-0.2, -0.15) is 13.2 Å². The number of alkyl halides is 3. The van der Waals surface area contributed by atoms with Crippen LogP contribution < -0.4 is 10.2 Å². The van der Waals surface area contributed by atoms with Gasteiger partial charge in [-0.25, -0.2) is 4.98 Å². The van der Waals surface area contributed by atoms with Crippen LogP contribution in [0, 0.1) is 10.1 Å². The van der Waals surface area contributed by atoms with Crippen molar-refractivity contribution in [2.75, 3.05) is 24.5 Å². The van der Waals surface area contributed by atoms with Gasteiger partial charge in [0.05, 0.1) is 4.92 Å². The van der Waals surface area contributed by atoms with Gasteiger partial charge in [0.15, 0.2) is 0 Å². The normalized spacial score (nSPS) is 18.8. The van der Waals surface area contributed by atoms with Crippen LogP contribution in [0.5, 0.6) is 0 Å². The van der Waals surface area contributed by atoms with E-state index in [2.05, 4.69) is 10.3 Å². The first-order chi connectivity index (χ1) is 9.84. The summed E-state index contributed by atoms with van der Waals surface area (Å²) in [4.78, 5) is 15.2. The minimum Gasteiger partial charge on any atom is -0.362 e. The van der Waals surface area contributed by atoms with Crippen molar-refractivity contribution in [2.45, 2.75) is 25.6 Å². The number of halogens is 3. The maximum absolute atomic E-state index is 12.8. The number of hydrogen-bond acceptors (Lipinski definition) is 5. The lowest BCUT2D eigenvalue weighted by atomic mass is 10.1. The predicted octanol–water partition coefficient (Wildman–Crippen LogP) is 2.20. The van der Waals surface area contributed by atoms with E-state index in [-0.39, 0.29) is 11.7 Å². The van der Waals surface area contributed by atoms with E-state index in [0.717, 1.165) is 19.0 Å². The summed E-state index contributed by atoms with van der Waals surface area (Å²) < 4.78 is 38.3. The zero-order valence-corrected chi connectivity index (χ0v) is 11.4. The molecule has 0 aliphatic carbocycles. The summed E-state index contributed by atoms with van der Waals surface area (Å²) in [6.45, 7) is 3.48. The average Bonchev–Trinajstić information content (AvgIpc) is 2.92. The summed E-state index contributed by atoms with van der Waals surface area (Å²) in [5.41, 5.74) is -1.55. The average molecular weight is 304 g/mol. The Hall–Kier alpha value is -1.90. The quantitative estimate of drug-likeness (QED) is 0.682. The van der Waals surface area contributed by atoms with Gasteiger partial charge >= 0.3 is 11.9 Å². The van der Waals surface area contributed by atoms with Crippen molar-refractivity contribution in [1.29, 1.82) is 0 Å². The zero-order valence-electron chi connectivity index (χ0n) is 11.4. The molecule has 1 atom stereocenters. The summed E-state index contributed by atoms with van der Waals surface area (Å²) >= 11 is 0. The molecule has 0 saturated carbocycles. The second-order valence-corrected chi connectivity index (χ2v) is 4.75. The van der Waals surface area contributed by atoms with Gasteiger partial charge in [0, 0.05) is 19.1 Å². The topological polar surface area (TPSA) is 71.3 Å². The van der Waals surface area contributed by atoms with E-state index >= 15 is 0 Å². The third kappa shape index (κ3) is 3.23. The third-order valence-corrected chi connectivity index (χ3v) is 3.47. The summed E-state index contributed by atoms with van der Waals surface area (Å²) in [6, 6.07) is 0.706. The van der Waals surface area contributed by atoms with Crippen LogP contribution in [0.2, 0.25) is 0 Å². The Bertz CT molecular complexity index is 530. The second kappa shape index (κ2) is 5.84. The van der Waals surface area contributed by atoms with Crippen molar-refractivity contribution in [3.63, 3.8) is 0 Å². The molecule has 6 nitrogen and oxygen atoms in total. The number of nitrogens with zero attached hydrogens (tertiary/aromatic N) is 3. The Morgan fingerprint density at radius 3 is 2.76 bits per heavy atom. The maximum atomic E-state index is 12.8. The number of nitrogens with one attached hydrogen (secondary N) is 1. The van der Waals surface area contributed by atoms with Crippen molar-refractivity contribution >= 4 is 11.4 Å². The highest BCUT2D eigenvalue weighted by atomic mass is 19.4. The largest absolute Gasteiger partial charge is 0.433 e. The van der Waals surface area contributed by atoms with E-state index in [9.17, 15) is 23.3 Å². The fourth-order valence-electron chi connectivity index (χ4n) is 2.49. The fraction of sp³-hybridized carbons (Fsp3) is 0.583. The van der Waals surface area contributed by atoms with Gasteiger partial charge in [0.1, 0.15) is 17.6 Å². The summed E-state index contributed by atoms with van der Waals surface area (Å²) in [7, 11) is 0. The molecule has 1 aliphatic rings. The smallest absolute Gasteiger partial charge is 0.362 e. The van der Waals surface area contributed by atoms with E-state index in [0.29, 0.717) is 19.3 Å². The highest BCUT2D eigenvalue weighted by Gasteiger charge is 2.36. The Labute approximate surface area is 119 Å². The van der Waals surface area contributed by atoms with Crippen molar-refractivity contribution < 1.29 is 18.1 Å². The van der Waals surface area contributed by atoms with Gasteiger partial charge in [0.25, 0.3) is 0 Å². The van der Waals surface area contributed by atoms with Crippen LogP contribution >= 0.6 is 0 Å². The third-order valence-electron chi connectivity index (χ3n) is 3.47. The van der Waals surface area contributed by atoms with Gasteiger partial charge in [-0.3, -0.25) is 10.1 Å². The monoisotopic (exact) mass is 304 g/mol. The van der Waals surface area contributed by atoms with E-state index in [4.69, 9.17) is 0 Å². The van der Waals surface area contributed by atoms with E-state index in [1.165, 1.54) is 0 Å². The van der Waals surface area contributed by atoms with Crippen LogP contribution in [-0.4, -0.2) is 35.6 Å². The molecule has 2 rings (SSSR count). The summed E-state index contributed by atoms with van der Waals surface area (Å²) in [5.74, 6) is 0. The second-order valence-electron chi connectivity index (χ2n) is 4.75. The predicted molar refractivity (Wildman–Crippen MR) is 70.2 cm³/mol. The minimum atomic E-state index is -4.63. The molecule has 0 bridgehead atoms. The van der Waals surface area contributed by atoms with Gasteiger partial charge in [-0.15, -0.1) is 0 Å². The van der Waals surface area contributed by atoms with Gasteiger partial charge in [-0.1, -0.05) is 0 Å². The fourth-order valence-corrected chi connectivity index (χ4v) is 2.49. The number of likely N-dealkylation sites (N-methyl/N-ethyl adjacent to an activating group) is 1. The number of anilines is 1. The number of hydrogen-bond donors (Lipinski definition) is 1. The van der Waals surface area contributed by atoms with Gasteiger partial charge < -0.3 is 10.2 Å². The summed E-state index contributed by atoms with van der Waals surface area (Å²) in [6.07, 6.45) is -3.21. The lowest BCUT2D eigenvalue weighted by Crippen LogP contribution is -2.37. The molecule has 0 aromatic carbocycles. The molecule has 116 valence electrons. The molecule has 0 amide bonds. The lowest BCUT2D eigenvalue weighted by molar-refractivity contribution is -0.384. The Kier molecular flexibility index (Phi) is 4.31. The van der Waals surface area contributed by atoms with Crippen LogP contribution in [-0.2, 0) is 6.18 Å². The Morgan fingerprint density at radius 1 is 1.57 bits per heavy atom. The Morgan fingerprint density at radius 2 is 2.29 bits per heavy atom. The maximum Gasteiger partial charge on any atom is 0.433 e. The van der Waals surface area contributed by atoms with Gasteiger partial charge in [-0.05, 0) is 26.0 Å². The SMILES string of the molecule is CCN(c1cc(C(F)(F)F)ncc1[N+](=O)[O-])C1CCNC1. The van der Waals surface area contributed by atoms with Crippen molar-refractivity contribution in [2.24, 2.45) is 0 Å². The number of nitro groups is 1. The molecule has 9 heteroatoms. The standard InChI is InChI=1S/C12H15F3N4O2/c1-2-18(8-3-4-16-6-8)9-5-11(12(13,14)15)17-7-10(9)19(20)21/h5,7-8,16H,2-4,6H2,1H3. The first-order valence-corrected chi connectivity index (χ1v) is 6.53. The van der Waals surface area contributed by atoms with Gasteiger partial charge in [0.2, 0.25) is 0 Å². The van der Waals surface area contributed by atoms with Crippen LogP contribution in [0.15, 0.2) is 12.3 Å². The lowest BCUT2D eigenvalue weighted by Gasteiger charge is -2.29. The first kappa shape index (κ1) is 15.5. The molecule has 0 spiro atoms. The molecule has 2 heterocycles. The molecule has 0 radical (unpaired) electrons. The molecular weight excluding hydrogens is 289 g/mol. The zero-order chi connectivity index (χ0) is 15.6. The van der Waals surface area contributed by atoms with E-state index in [1.807, 2.05) is 0 Å². The number of rotatable bonds is 4. The van der Waals surface area contributed by atoms with E-state index < -0.39 is 22.5 Å². The summed E-state index contributed by atoms with van der Waals surface area (Å²) in [5, 5.41) is 14.2. The highest BCUT2D eigenvalue weighted by Crippen LogP contribution is 2.36. The Balaban J connectivity index is 2.48. The first-order valence-electron chi connectivity index (χ1n) is 6.53. The van der Waals surface area contributed by atoms with E-state index in [1.54, 1.807) is 11.8 Å². The van der Waals surface area contributed by atoms with Crippen LogP contribution in [0.3, 0.4) is 0 Å². The van der Waals surface area contributed by atoms with Crippen molar-refractivity contribution in [3.05, 3.63) is 28.1 Å². The minimum absolute atomic E-state index is 0.0291. The molecule has 1 N–H and O–H groups in total.